The number of rotatable bonds is 6. The van der Waals surface area contributed by atoms with Gasteiger partial charge in [0, 0.05) is 6.07 Å². The average Bonchev–Trinajstić information content (AvgIpc) is 2.54. The van der Waals surface area contributed by atoms with E-state index in [1.54, 1.807) is 36.1 Å². The average molecular weight is 388 g/mol. The van der Waals surface area contributed by atoms with Crippen molar-refractivity contribution in [2.24, 2.45) is 0 Å². The first-order valence-electron chi connectivity index (χ1n) is 6.96. The number of nitrogens with one attached hydrogen (secondary N) is 1. The highest BCUT2D eigenvalue weighted by Gasteiger charge is 2.18. The van der Waals surface area contributed by atoms with Crippen LogP contribution in [0.1, 0.15) is 15.9 Å². The second kappa shape index (κ2) is 7.71. The van der Waals surface area contributed by atoms with Crippen LogP contribution in [-0.4, -0.2) is 27.7 Å². The molecule has 134 valence electrons. The molecule has 2 aromatic carbocycles. The van der Waals surface area contributed by atoms with Gasteiger partial charge in [0.25, 0.3) is 5.91 Å². The number of ether oxygens (including phenoxy) is 2. The van der Waals surface area contributed by atoms with Crippen LogP contribution in [0.4, 0.5) is 4.39 Å². The minimum atomic E-state index is -3.81. The molecule has 0 aliphatic heterocycles. The first-order valence-corrected chi connectivity index (χ1v) is 9.23. The van der Waals surface area contributed by atoms with Crippen LogP contribution in [0.3, 0.4) is 0 Å². The van der Waals surface area contributed by atoms with Gasteiger partial charge in [0.1, 0.15) is 23.9 Å². The molecule has 0 unspecified atom stereocenters. The number of hydrogen-bond donors (Lipinski definition) is 1. The van der Waals surface area contributed by atoms with Crippen molar-refractivity contribution in [3.8, 4) is 11.5 Å². The van der Waals surface area contributed by atoms with Gasteiger partial charge in [-0.05, 0) is 23.8 Å². The molecule has 1 amide bonds. The van der Waals surface area contributed by atoms with Gasteiger partial charge in [-0.1, -0.05) is 23.7 Å². The van der Waals surface area contributed by atoms with E-state index >= 15 is 0 Å². The van der Waals surface area contributed by atoms with Gasteiger partial charge in [0.2, 0.25) is 10.0 Å². The fraction of sp³-hybridized carbons (Fsp3) is 0.188. The Hall–Kier alpha value is -2.32. The fourth-order valence-corrected chi connectivity index (χ4v) is 2.58. The van der Waals surface area contributed by atoms with Gasteiger partial charge in [-0.2, -0.15) is 0 Å². The molecule has 0 spiro atoms. The second-order valence-corrected chi connectivity index (χ2v) is 7.26. The van der Waals surface area contributed by atoms with Gasteiger partial charge in [-0.25, -0.2) is 17.5 Å². The third-order valence-corrected chi connectivity index (χ3v) is 3.95. The van der Waals surface area contributed by atoms with E-state index in [1.165, 1.54) is 0 Å². The van der Waals surface area contributed by atoms with Crippen molar-refractivity contribution in [2.45, 2.75) is 6.61 Å². The van der Waals surface area contributed by atoms with Crippen molar-refractivity contribution in [1.82, 2.24) is 4.72 Å². The molecule has 2 aromatic rings. The van der Waals surface area contributed by atoms with Crippen LogP contribution in [0.25, 0.3) is 0 Å². The molecule has 0 aliphatic carbocycles. The number of amides is 1. The van der Waals surface area contributed by atoms with Crippen molar-refractivity contribution >= 4 is 27.5 Å². The minimum absolute atomic E-state index is 0.0198. The molecule has 9 heteroatoms. The molecular formula is C16H15ClFNO5S. The number of sulfonamides is 1. The molecule has 0 saturated heterocycles. The Labute approximate surface area is 149 Å². The Morgan fingerprint density at radius 3 is 2.44 bits per heavy atom. The van der Waals surface area contributed by atoms with E-state index in [0.29, 0.717) is 5.75 Å². The zero-order valence-electron chi connectivity index (χ0n) is 13.4. The van der Waals surface area contributed by atoms with Crippen molar-refractivity contribution in [3.05, 3.63) is 58.4 Å². The predicted molar refractivity (Wildman–Crippen MR) is 91.0 cm³/mol. The van der Waals surface area contributed by atoms with Crippen molar-refractivity contribution in [3.63, 3.8) is 0 Å². The van der Waals surface area contributed by atoms with Crippen LogP contribution in [0.15, 0.2) is 36.4 Å². The summed E-state index contributed by atoms with van der Waals surface area (Å²) in [4.78, 5) is 11.7. The molecule has 1 N–H and O–H groups in total. The summed E-state index contributed by atoms with van der Waals surface area (Å²) < 4.78 is 48.4. The molecule has 2 rings (SSSR count). The van der Waals surface area contributed by atoms with Crippen LogP contribution >= 0.6 is 11.6 Å². The van der Waals surface area contributed by atoms with Crippen molar-refractivity contribution in [2.75, 3.05) is 13.4 Å². The van der Waals surface area contributed by atoms with E-state index < -0.39 is 27.3 Å². The smallest absolute Gasteiger partial charge is 0.267 e. The summed E-state index contributed by atoms with van der Waals surface area (Å²) >= 11 is 5.99. The maximum Gasteiger partial charge on any atom is 0.267 e. The molecule has 0 aliphatic rings. The van der Waals surface area contributed by atoms with Crippen LogP contribution in [-0.2, 0) is 16.6 Å². The summed E-state index contributed by atoms with van der Waals surface area (Å²) in [6.45, 7) is 0.123. The molecule has 6 nitrogen and oxygen atoms in total. The van der Waals surface area contributed by atoms with Crippen LogP contribution < -0.4 is 14.2 Å². The normalized spacial score (nSPS) is 11.0. The van der Waals surface area contributed by atoms with Gasteiger partial charge in [-0.15, -0.1) is 0 Å². The molecular weight excluding hydrogens is 373 g/mol. The summed E-state index contributed by atoms with van der Waals surface area (Å²) in [6.07, 6.45) is 0.788. The highest BCUT2D eigenvalue weighted by atomic mass is 35.5. The lowest BCUT2D eigenvalue weighted by atomic mass is 10.2. The number of carbonyl (C=O) groups excluding carboxylic acids is 1. The van der Waals surface area contributed by atoms with Crippen LogP contribution in [0.2, 0.25) is 5.02 Å². The summed E-state index contributed by atoms with van der Waals surface area (Å²) in [5, 5.41) is -0.0198. The molecule has 0 saturated carbocycles. The monoisotopic (exact) mass is 387 g/mol. The third kappa shape index (κ3) is 5.33. The van der Waals surface area contributed by atoms with Crippen molar-refractivity contribution < 1.29 is 27.1 Å². The number of halogens is 2. The lowest BCUT2D eigenvalue weighted by molar-refractivity contribution is 0.0977. The second-order valence-electron chi connectivity index (χ2n) is 5.10. The first-order chi connectivity index (χ1) is 11.7. The van der Waals surface area contributed by atoms with Crippen LogP contribution in [0, 0.1) is 5.82 Å². The third-order valence-electron chi connectivity index (χ3n) is 3.10. The Kier molecular flexibility index (Phi) is 5.86. The molecule has 0 bridgehead atoms. The number of carbonyl (C=O) groups is 1. The van der Waals surface area contributed by atoms with Gasteiger partial charge in [0.15, 0.2) is 0 Å². The zero-order valence-corrected chi connectivity index (χ0v) is 14.9. The van der Waals surface area contributed by atoms with E-state index in [9.17, 15) is 17.6 Å². The summed E-state index contributed by atoms with van der Waals surface area (Å²) in [5.41, 5.74) is 0.309. The van der Waals surface area contributed by atoms with Gasteiger partial charge >= 0.3 is 0 Å². The van der Waals surface area contributed by atoms with E-state index in [1.807, 2.05) is 0 Å². The topological polar surface area (TPSA) is 81.7 Å². The molecule has 25 heavy (non-hydrogen) atoms. The quantitative estimate of drug-likeness (QED) is 0.824. The Morgan fingerprint density at radius 2 is 1.88 bits per heavy atom. The molecule has 0 atom stereocenters. The van der Waals surface area contributed by atoms with Crippen molar-refractivity contribution in [1.29, 1.82) is 0 Å². The molecule has 0 aromatic heterocycles. The highest BCUT2D eigenvalue weighted by molar-refractivity contribution is 7.89. The van der Waals surface area contributed by atoms with E-state index in [0.717, 1.165) is 24.0 Å². The number of benzene rings is 2. The Balaban J connectivity index is 2.14. The van der Waals surface area contributed by atoms with Crippen LogP contribution in [0.5, 0.6) is 11.5 Å². The first kappa shape index (κ1) is 19.0. The molecule has 0 radical (unpaired) electrons. The van der Waals surface area contributed by atoms with E-state index in [2.05, 4.69) is 0 Å². The summed E-state index contributed by atoms with van der Waals surface area (Å²) in [7, 11) is -2.26. The fourth-order valence-electron chi connectivity index (χ4n) is 1.92. The molecule has 0 fully saturated rings. The lowest BCUT2D eigenvalue weighted by Gasteiger charge is -2.11. The van der Waals surface area contributed by atoms with Gasteiger partial charge in [0.05, 0.1) is 24.0 Å². The SMILES string of the molecule is COc1ccc(COc2cc(F)c(C(=O)NS(C)(=O)=O)cc2Cl)cc1. The standard InChI is InChI=1S/C16H15ClFNO5S/c1-23-11-5-3-10(4-6-11)9-24-15-8-14(18)12(7-13(15)17)16(20)19-25(2,21)22/h3-8H,9H2,1-2H3,(H,19,20). The minimum Gasteiger partial charge on any atom is -0.497 e. The summed E-state index contributed by atoms with van der Waals surface area (Å²) in [6, 6.07) is 9.00. The maximum atomic E-state index is 14.1. The Bertz CT molecular complexity index is 884. The van der Waals surface area contributed by atoms with E-state index in [-0.39, 0.29) is 17.4 Å². The maximum absolute atomic E-state index is 14.1. The van der Waals surface area contributed by atoms with Gasteiger partial charge in [-0.3, -0.25) is 4.79 Å². The predicted octanol–water partition coefficient (Wildman–Crippen LogP) is 2.76. The lowest BCUT2D eigenvalue weighted by Crippen LogP contribution is -2.30. The Morgan fingerprint density at radius 1 is 1.24 bits per heavy atom. The van der Waals surface area contributed by atoms with Gasteiger partial charge < -0.3 is 9.47 Å². The van der Waals surface area contributed by atoms with E-state index in [4.69, 9.17) is 21.1 Å². The zero-order chi connectivity index (χ0) is 18.6. The number of hydrogen-bond acceptors (Lipinski definition) is 5. The molecule has 0 heterocycles. The highest BCUT2D eigenvalue weighted by Crippen LogP contribution is 2.28. The largest absolute Gasteiger partial charge is 0.497 e. The summed E-state index contributed by atoms with van der Waals surface area (Å²) in [5.74, 6) is -1.33. The number of methoxy groups -OCH3 is 1.